The number of nitrogens with zero attached hydrogens (tertiary/aromatic N) is 1. The number of carboxylic acid groups (broad SMARTS) is 1. The number of rotatable bonds is 7. The van der Waals surface area contributed by atoms with Crippen LogP contribution in [0.3, 0.4) is 0 Å². The number of carbonyl (C=O) groups is 1. The van der Waals surface area contributed by atoms with E-state index in [1.165, 1.54) is 11.1 Å². The molecule has 4 nitrogen and oxygen atoms in total. The Kier molecular flexibility index (Phi) is 5.99. The molecule has 0 aliphatic rings. The largest absolute Gasteiger partial charge is 0.481 e. The summed E-state index contributed by atoms with van der Waals surface area (Å²) in [5.74, 6) is -0.807. The van der Waals surface area contributed by atoms with Crippen molar-refractivity contribution in [2.45, 2.75) is 32.7 Å². The topological polar surface area (TPSA) is 60.8 Å². The van der Waals surface area contributed by atoms with Gasteiger partial charge in [-0.25, -0.2) is 0 Å². The molecule has 1 rings (SSSR count). The van der Waals surface area contributed by atoms with Gasteiger partial charge in [-0.3, -0.25) is 4.79 Å². The number of aliphatic carboxylic acids is 1. The van der Waals surface area contributed by atoms with Gasteiger partial charge in [0.05, 0.1) is 13.0 Å². The number of aliphatic hydroxyl groups excluding tert-OH is 1. The van der Waals surface area contributed by atoms with E-state index < -0.39 is 5.97 Å². The molecule has 106 valence electrons. The number of aryl methyl sites for hydroxylation is 2. The zero-order valence-electron chi connectivity index (χ0n) is 11.9. The minimum atomic E-state index is -0.807. The van der Waals surface area contributed by atoms with Crippen LogP contribution in [0.2, 0.25) is 0 Å². The standard InChI is InChI=1S/C15H23NO3/c1-11-4-5-13(8-12(11)2)9-14(10-15(18)19)16(3)6-7-17/h4-5,8,14,17H,6-7,9-10H2,1-3H3,(H,18,19). The fourth-order valence-electron chi connectivity index (χ4n) is 2.13. The van der Waals surface area contributed by atoms with Gasteiger partial charge in [-0.1, -0.05) is 18.2 Å². The predicted octanol–water partition coefficient (Wildman–Crippen LogP) is 1.61. The summed E-state index contributed by atoms with van der Waals surface area (Å²) in [7, 11) is 1.85. The number of hydrogen-bond acceptors (Lipinski definition) is 3. The first-order chi connectivity index (χ1) is 8.93. The van der Waals surface area contributed by atoms with Crippen molar-refractivity contribution in [2.24, 2.45) is 0 Å². The SMILES string of the molecule is Cc1ccc(CC(CC(=O)O)N(C)CCO)cc1C. The Bertz CT molecular complexity index is 431. The van der Waals surface area contributed by atoms with Crippen molar-refractivity contribution >= 4 is 5.97 Å². The molecule has 0 amide bonds. The van der Waals surface area contributed by atoms with Crippen molar-refractivity contribution in [2.75, 3.05) is 20.2 Å². The minimum Gasteiger partial charge on any atom is -0.481 e. The Hall–Kier alpha value is -1.39. The molecule has 0 aromatic heterocycles. The first kappa shape index (κ1) is 15.7. The van der Waals surface area contributed by atoms with Crippen LogP contribution in [-0.4, -0.2) is 47.3 Å². The van der Waals surface area contributed by atoms with Gasteiger partial charge in [-0.15, -0.1) is 0 Å². The third-order valence-corrected chi connectivity index (χ3v) is 3.53. The van der Waals surface area contributed by atoms with Crippen LogP contribution in [0.5, 0.6) is 0 Å². The number of benzene rings is 1. The molecule has 19 heavy (non-hydrogen) atoms. The van der Waals surface area contributed by atoms with Gasteiger partial charge in [-0.05, 0) is 44.0 Å². The molecule has 1 atom stereocenters. The van der Waals surface area contributed by atoms with E-state index in [-0.39, 0.29) is 19.1 Å². The molecule has 0 bridgehead atoms. The van der Waals surface area contributed by atoms with Crippen molar-refractivity contribution < 1.29 is 15.0 Å². The molecule has 0 aliphatic heterocycles. The quantitative estimate of drug-likeness (QED) is 0.786. The molecule has 0 saturated carbocycles. The van der Waals surface area contributed by atoms with Gasteiger partial charge in [0.25, 0.3) is 0 Å². The second kappa shape index (κ2) is 7.26. The lowest BCUT2D eigenvalue weighted by Gasteiger charge is -2.26. The molecule has 0 saturated heterocycles. The molecule has 0 spiro atoms. The van der Waals surface area contributed by atoms with Gasteiger partial charge in [0.2, 0.25) is 0 Å². The van der Waals surface area contributed by atoms with E-state index in [0.29, 0.717) is 13.0 Å². The Morgan fingerprint density at radius 3 is 2.53 bits per heavy atom. The Morgan fingerprint density at radius 2 is 2.00 bits per heavy atom. The first-order valence-corrected chi connectivity index (χ1v) is 6.53. The highest BCUT2D eigenvalue weighted by Crippen LogP contribution is 2.15. The van der Waals surface area contributed by atoms with Gasteiger partial charge in [-0.2, -0.15) is 0 Å². The molecule has 0 radical (unpaired) electrons. The summed E-state index contributed by atoms with van der Waals surface area (Å²) < 4.78 is 0. The first-order valence-electron chi connectivity index (χ1n) is 6.53. The van der Waals surface area contributed by atoms with Crippen LogP contribution < -0.4 is 0 Å². The predicted molar refractivity (Wildman–Crippen MR) is 75.4 cm³/mol. The van der Waals surface area contributed by atoms with Crippen LogP contribution in [0.15, 0.2) is 18.2 Å². The lowest BCUT2D eigenvalue weighted by molar-refractivity contribution is -0.138. The Labute approximate surface area is 114 Å². The van der Waals surface area contributed by atoms with Crippen molar-refractivity contribution in [3.63, 3.8) is 0 Å². The molecule has 2 N–H and O–H groups in total. The van der Waals surface area contributed by atoms with Gasteiger partial charge in [0.15, 0.2) is 0 Å². The highest BCUT2D eigenvalue weighted by molar-refractivity contribution is 5.67. The van der Waals surface area contributed by atoms with Crippen LogP contribution in [0, 0.1) is 13.8 Å². The van der Waals surface area contributed by atoms with Crippen LogP contribution >= 0.6 is 0 Å². The van der Waals surface area contributed by atoms with Crippen molar-refractivity contribution in [3.05, 3.63) is 34.9 Å². The van der Waals surface area contributed by atoms with E-state index in [4.69, 9.17) is 10.2 Å². The van der Waals surface area contributed by atoms with E-state index in [1.807, 2.05) is 18.0 Å². The summed E-state index contributed by atoms with van der Waals surface area (Å²) in [5, 5.41) is 18.0. The van der Waals surface area contributed by atoms with Crippen molar-refractivity contribution in [1.82, 2.24) is 4.90 Å². The molecule has 1 aromatic carbocycles. The zero-order valence-corrected chi connectivity index (χ0v) is 11.9. The molecule has 0 aliphatic carbocycles. The normalized spacial score (nSPS) is 12.7. The van der Waals surface area contributed by atoms with E-state index in [2.05, 4.69) is 26.0 Å². The summed E-state index contributed by atoms with van der Waals surface area (Å²) in [5.41, 5.74) is 3.60. The van der Waals surface area contributed by atoms with Gasteiger partial charge < -0.3 is 15.1 Å². The lowest BCUT2D eigenvalue weighted by atomic mass is 9.98. The van der Waals surface area contributed by atoms with Gasteiger partial charge in [0.1, 0.15) is 0 Å². The maximum absolute atomic E-state index is 10.9. The number of carboxylic acids is 1. The average molecular weight is 265 g/mol. The van der Waals surface area contributed by atoms with Gasteiger partial charge in [0, 0.05) is 12.6 Å². The average Bonchev–Trinajstić information content (AvgIpc) is 2.33. The van der Waals surface area contributed by atoms with Gasteiger partial charge >= 0.3 is 5.97 Å². The Morgan fingerprint density at radius 1 is 1.32 bits per heavy atom. The second-order valence-corrected chi connectivity index (χ2v) is 5.08. The number of aliphatic hydroxyl groups is 1. The monoisotopic (exact) mass is 265 g/mol. The van der Waals surface area contributed by atoms with Crippen LogP contribution in [0.25, 0.3) is 0 Å². The number of likely N-dealkylation sites (N-methyl/N-ethyl adjacent to an activating group) is 1. The number of hydrogen-bond donors (Lipinski definition) is 2. The van der Waals surface area contributed by atoms with Crippen LogP contribution in [0.1, 0.15) is 23.1 Å². The van der Waals surface area contributed by atoms with E-state index in [1.54, 1.807) is 0 Å². The molecular weight excluding hydrogens is 242 g/mol. The third-order valence-electron chi connectivity index (χ3n) is 3.53. The highest BCUT2D eigenvalue weighted by atomic mass is 16.4. The zero-order chi connectivity index (χ0) is 14.4. The maximum Gasteiger partial charge on any atom is 0.304 e. The fraction of sp³-hybridized carbons (Fsp3) is 0.533. The summed E-state index contributed by atoms with van der Waals surface area (Å²) in [6.07, 6.45) is 0.771. The fourth-order valence-corrected chi connectivity index (χ4v) is 2.13. The summed E-state index contributed by atoms with van der Waals surface area (Å²) in [6.45, 7) is 4.65. The molecular formula is C15H23NO3. The summed E-state index contributed by atoms with van der Waals surface area (Å²) >= 11 is 0. The molecule has 1 unspecified atom stereocenters. The summed E-state index contributed by atoms with van der Waals surface area (Å²) in [6, 6.07) is 6.13. The minimum absolute atomic E-state index is 0.0412. The molecule has 1 aromatic rings. The second-order valence-electron chi connectivity index (χ2n) is 5.08. The van der Waals surface area contributed by atoms with Crippen LogP contribution in [-0.2, 0) is 11.2 Å². The summed E-state index contributed by atoms with van der Waals surface area (Å²) in [4.78, 5) is 12.8. The van der Waals surface area contributed by atoms with Crippen molar-refractivity contribution in [1.29, 1.82) is 0 Å². The third kappa shape index (κ3) is 5.01. The molecule has 0 fully saturated rings. The molecule has 4 heteroatoms. The smallest absolute Gasteiger partial charge is 0.304 e. The van der Waals surface area contributed by atoms with E-state index in [9.17, 15) is 4.79 Å². The van der Waals surface area contributed by atoms with E-state index >= 15 is 0 Å². The van der Waals surface area contributed by atoms with Crippen molar-refractivity contribution in [3.8, 4) is 0 Å². The maximum atomic E-state index is 10.9. The Balaban J connectivity index is 2.80. The molecule has 0 heterocycles. The lowest BCUT2D eigenvalue weighted by Crippen LogP contribution is -2.37. The highest BCUT2D eigenvalue weighted by Gasteiger charge is 2.18. The van der Waals surface area contributed by atoms with E-state index in [0.717, 1.165) is 5.56 Å². The van der Waals surface area contributed by atoms with Crippen LogP contribution in [0.4, 0.5) is 0 Å².